The summed E-state index contributed by atoms with van der Waals surface area (Å²) in [4.78, 5) is 58.9. The van der Waals surface area contributed by atoms with Crippen LogP contribution in [-0.2, 0) is 33.2 Å². The number of aliphatic hydroxyl groups excluding tert-OH is 6. The van der Waals surface area contributed by atoms with E-state index in [-0.39, 0.29) is 29.5 Å². The minimum atomic E-state index is -4.61. The molecule has 0 aromatic heterocycles. The van der Waals surface area contributed by atoms with E-state index in [1.165, 1.54) is 47.4 Å². The van der Waals surface area contributed by atoms with E-state index in [9.17, 15) is 74.0 Å². The van der Waals surface area contributed by atoms with Crippen molar-refractivity contribution in [2.45, 2.75) is 86.4 Å². The minimum absolute atomic E-state index is 0.0369. The molecule has 21 heteroatoms. The Kier molecular flexibility index (Phi) is 13.5. The fourth-order valence-corrected chi connectivity index (χ4v) is 8.43. The van der Waals surface area contributed by atoms with E-state index >= 15 is 0 Å². The van der Waals surface area contributed by atoms with Gasteiger partial charge in [0.15, 0.2) is 18.5 Å². The van der Waals surface area contributed by atoms with E-state index in [2.05, 4.69) is 0 Å². The summed E-state index contributed by atoms with van der Waals surface area (Å²) in [5.41, 5.74) is 1.79. The molecule has 19 nitrogen and oxygen atoms in total. The van der Waals surface area contributed by atoms with Crippen LogP contribution in [0.2, 0.25) is 0 Å². The second kappa shape index (κ2) is 18.5. The van der Waals surface area contributed by atoms with Crippen LogP contribution in [-0.4, -0.2) is 130 Å². The molecule has 10 N–H and O–H groups in total. The highest BCUT2D eigenvalue weighted by molar-refractivity contribution is 7.60. The number of anilines is 1. The lowest BCUT2D eigenvalue weighted by molar-refractivity contribution is -0.306. The molecule has 3 aliphatic heterocycles. The van der Waals surface area contributed by atoms with Gasteiger partial charge in [0.05, 0.1) is 23.4 Å². The molecular weight excluding hydrogens is 856 g/mol. The first-order chi connectivity index (χ1) is 29.8. The van der Waals surface area contributed by atoms with Gasteiger partial charge in [-0.1, -0.05) is 54.6 Å². The summed E-state index contributed by atoms with van der Waals surface area (Å²) in [7, 11) is -4.61. The van der Waals surface area contributed by atoms with Gasteiger partial charge in [0, 0.05) is 11.3 Å². The summed E-state index contributed by atoms with van der Waals surface area (Å²) in [6.45, 7) is 0. The lowest BCUT2D eigenvalue weighted by Crippen LogP contribution is -2.61. The molecule has 3 fully saturated rings. The van der Waals surface area contributed by atoms with Crippen molar-refractivity contribution in [3.05, 3.63) is 114 Å². The molecule has 3 saturated heterocycles. The standard InChI is InChI=1S/C42H43FNO18P/c43-22-11-6-20(7-12-22)27(59-41-34(49)30(45)32(47)36(61-41)39(52)53)17-16-26-29(44(38(26)51)23-4-2-1-3-5-23)25-15-10-21(19-8-13-24(14-9-19)63(56,57)58)18-28(25)60-42-35(50)31(46)33(48)37(62-42)40(54)55/h1-15,18,26-27,29-37,41-42,45-50H,16-17H2,(H,52,53)(H,54,55)(H2,56,57,58)/t26-,27+,29-,30?,31?,32+,33+,34?,35?,36?,37?,41-,42-/m1/s1. The number of rotatable bonds is 14. The van der Waals surface area contributed by atoms with Gasteiger partial charge in [-0.05, 0) is 72.0 Å². The van der Waals surface area contributed by atoms with Crippen molar-refractivity contribution in [1.29, 1.82) is 0 Å². The second-order valence-electron chi connectivity index (χ2n) is 15.3. The number of aliphatic hydroxyl groups is 6. The van der Waals surface area contributed by atoms with Gasteiger partial charge in [-0.15, -0.1) is 0 Å². The third-order valence-electron chi connectivity index (χ3n) is 11.3. The highest BCUT2D eigenvalue weighted by Crippen LogP contribution is 2.50. The van der Waals surface area contributed by atoms with E-state index in [0.29, 0.717) is 22.4 Å². The Morgan fingerprint density at radius 1 is 0.714 bits per heavy atom. The maximum absolute atomic E-state index is 14.3. The largest absolute Gasteiger partial charge is 0.479 e. The zero-order valence-electron chi connectivity index (χ0n) is 32.7. The van der Waals surface area contributed by atoms with Crippen molar-refractivity contribution in [2.24, 2.45) is 5.92 Å². The SMILES string of the molecule is O=C(O)C1O[C@@H](Oc2cc(-c3ccc(P(=O)(O)O)cc3)ccc2[C@@H]2[C@@H](CC[C@H](O[C@@H]3OC(C(=O)O)[C@@H](O)C(O)C3O)c3ccc(F)cc3)C(=O)N2c2ccccc2)C(O)C(O)[C@@H]1O. The van der Waals surface area contributed by atoms with Crippen molar-refractivity contribution >= 4 is 36.4 Å². The smallest absolute Gasteiger partial charge is 0.356 e. The Hall–Kier alpha value is -5.19. The Morgan fingerprint density at radius 3 is 1.84 bits per heavy atom. The quantitative estimate of drug-likeness (QED) is 0.0615. The number of carbonyl (C=O) groups excluding carboxylic acids is 1. The van der Waals surface area contributed by atoms with E-state index in [4.69, 9.17) is 18.9 Å². The molecule has 0 spiro atoms. The van der Waals surface area contributed by atoms with Gasteiger partial charge in [0.2, 0.25) is 12.2 Å². The van der Waals surface area contributed by atoms with Crippen molar-refractivity contribution < 1.29 is 92.9 Å². The van der Waals surface area contributed by atoms with Crippen molar-refractivity contribution in [2.75, 3.05) is 4.90 Å². The summed E-state index contributed by atoms with van der Waals surface area (Å²) >= 11 is 0. The van der Waals surface area contributed by atoms with E-state index < -0.39 is 111 Å². The molecule has 3 aliphatic rings. The Morgan fingerprint density at radius 2 is 1.27 bits per heavy atom. The third kappa shape index (κ3) is 9.39. The lowest BCUT2D eigenvalue weighted by Gasteiger charge is -2.48. The van der Waals surface area contributed by atoms with Gasteiger partial charge in [-0.2, -0.15) is 0 Å². The van der Waals surface area contributed by atoms with Crippen molar-refractivity contribution in [3.8, 4) is 16.9 Å². The number of aliphatic carboxylic acids is 2. The summed E-state index contributed by atoms with van der Waals surface area (Å²) in [5.74, 6) is -5.40. The summed E-state index contributed by atoms with van der Waals surface area (Å²) < 4.78 is 49.0. The maximum Gasteiger partial charge on any atom is 0.356 e. The van der Waals surface area contributed by atoms with Crippen LogP contribution in [0.1, 0.15) is 36.1 Å². The molecule has 4 aromatic rings. The maximum atomic E-state index is 14.3. The summed E-state index contributed by atoms with van der Waals surface area (Å²) in [5, 5.41) is 82.5. The normalized spacial score (nSPS) is 30.3. The number of carbonyl (C=O) groups is 3. The fraction of sp³-hybridized carbons (Fsp3) is 0.357. The molecule has 6 unspecified atom stereocenters. The van der Waals surface area contributed by atoms with E-state index in [1.54, 1.807) is 42.5 Å². The van der Waals surface area contributed by atoms with E-state index in [1.807, 2.05) is 0 Å². The molecule has 1 amide bonds. The van der Waals surface area contributed by atoms with Crippen LogP contribution < -0.4 is 14.9 Å². The Labute approximate surface area is 356 Å². The fourth-order valence-electron chi connectivity index (χ4n) is 7.89. The molecule has 0 radical (unpaired) electrons. The van der Waals surface area contributed by atoms with Gasteiger partial charge in [0.25, 0.3) is 0 Å². The summed E-state index contributed by atoms with van der Waals surface area (Å²) in [6.07, 6.45) is -21.1. The third-order valence-corrected chi connectivity index (χ3v) is 12.2. The molecule has 4 aromatic carbocycles. The monoisotopic (exact) mass is 899 g/mol. The average Bonchev–Trinajstić information content (AvgIpc) is 3.25. The van der Waals surface area contributed by atoms with Crippen LogP contribution in [0.3, 0.4) is 0 Å². The molecule has 0 bridgehead atoms. The molecule has 63 heavy (non-hydrogen) atoms. The van der Waals surface area contributed by atoms with Crippen LogP contribution in [0, 0.1) is 11.7 Å². The van der Waals surface area contributed by atoms with Gasteiger partial charge >= 0.3 is 19.5 Å². The van der Waals surface area contributed by atoms with Crippen molar-refractivity contribution in [3.63, 3.8) is 0 Å². The van der Waals surface area contributed by atoms with Crippen LogP contribution >= 0.6 is 7.60 Å². The lowest BCUT2D eigenvalue weighted by atomic mass is 9.77. The molecule has 0 aliphatic carbocycles. The Bertz CT molecular complexity index is 2330. The van der Waals surface area contributed by atoms with E-state index in [0.717, 1.165) is 12.1 Å². The number of amides is 1. The number of ether oxygens (including phenoxy) is 4. The van der Waals surface area contributed by atoms with Crippen molar-refractivity contribution in [1.82, 2.24) is 0 Å². The van der Waals surface area contributed by atoms with Crippen LogP contribution in [0.25, 0.3) is 11.1 Å². The van der Waals surface area contributed by atoms with Gasteiger partial charge in [-0.3, -0.25) is 9.36 Å². The number of carboxylic acid groups (broad SMARTS) is 2. The molecule has 13 atom stereocenters. The predicted molar refractivity (Wildman–Crippen MR) is 212 cm³/mol. The number of halogens is 1. The zero-order valence-corrected chi connectivity index (χ0v) is 33.6. The highest BCUT2D eigenvalue weighted by Gasteiger charge is 2.53. The molecule has 3 heterocycles. The topological polar surface area (TPSA) is 311 Å². The summed E-state index contributed by atoms with van der Waals surface area (Å²) in [6, 6.07) is 22.3. The number of carboxylic acids is 2. The molecule has 7 rings (SSSR count). The van der Waals surface area contributed by atoms with Crippen LogP contribution in [0.5, 0.6) is 5.75 Å². The zero-order chi connectivity index (χ0) is 45.5. The first kappa shape index (κ1) is 45.8. The van der Waals surface area contributed by atoms with Crippen LogP contribution in [0.15, 0.2) is 97.1 Å². The van der Waals surface area contributed by atoms with Gasteiger partial charge < -0.3 is 74.5 Å². The molecule has 336 valence electrons. The minimum Gasteiger partial charge on any atom is -0.479 e. The number of β-lactam (4-membered cyclic amide) rings is 1. The van der Waals surface area contributed by atoms with Gasteiger partial charge in [0.1, 0.15) is 48.2 Å². The Balaban J connectivity index is 1.27. The first-order valence-corrected chi connectivity index (χ1v) is 21.1. The average molecular weight is 900 g/mol. The number of nitrogens with zero attached hydrogens (tertiary/aromatic N) is 1. The number of hydrogen-bond donors (Lipinski definition) is 10. The first-order valence-electron chi connectivity index (χ1n) is 19.5. The van der Waals surface area contributed by atoms with Gasteiger partial charge in [-0.25, -0.2) is 14.0 Å². The highest BCUT2D eigenvalue weighted by atomic mass is 31.2. The number of hydrogen-bond acceptors (Lipinski definition) is 14. The van der Waals surface area contributed by atoms with Crippen LogP contribution in [0.4, 0.5) is 10.1 Å². The molecular formula is C42H43FNO18P. The number of benzene rings is 4. The molecule has 0 saturated carbocycles. The second-order valence-corrected chi connectivity index (χ2v) is 16.9. The number of para-hydroxylation sites is 1. The predicted octanol–water partition coefficient (Wildman–Crippen LogP) is 0.701.